The summed E-state index contributed by atoms with van der Waals surface area (Å²) >= 11 is -0.543. The summed E-state index contributed by atoms with van der Waals surface area (Å²) in [4.78, 5) is 7.09. The Balaban J connectivity index is 0.000000511. The van der Waals surface area contributed by atoms with Gasteiger partial charge in [-0.15, -0.1) is 0 Å². The number of hydrogen-bond acceptors (Lipinski definition) is 0. The minimum absolute atomic E-state index is 0.508. The summed E-state index contributed by atoms with van der Waals surface area (Å²) in [5, 5.41) is 9.21. The van der Waals surface area contributed by atoms with Gasteiger partial charge in [0.1, 0.15) is 0 Å². The molecule has 132 valence electrons. The van der Waals surface area contributed by atoms with E-state index >= 15 is 0 Å². The molecule has 25 heavy (non-hydrogen) atoms. The van der Waals surface area contributed by atoms with Crippen LogP contribution in [0.3, 0.4) is 0 Å². The molecular formula is C22H32Si2Sn. The van der Waals surface area contributed by atoms with Crippen molar-refractivity contribution in [1.29, 1.82) is 0 Å². The van der Waals surface area contributed by atoms with E-state index in [1.165, 1.54) is 21.5 Å². The quantitative estimate of drug-likeness (QED) is 0.324. The van der Waals surface area contributed by atoms with Crippen molar-refractivity contribution >= 4 is 68.5 Å². The molecule has 3 aromatic carbocycles. The second-order valence-electron chi connectivity index (χ2n) is 8.59. The second kappa shape index (κ2) is 8.40. The molecule has 0 unspecified atom stereocenters. The molecule has 0 atom stereocenters. The average molecular weight is 471 g/mol. The van der Waals surface area contributed by atoms with Gasteiger partial charge in [-0.05, 0) is 31.9 Å². The first-order chi connectivity index (χ1) is 11.6. The molecule has 0 aromatic heterocycles. The fraction of sp³-hybridized carbons (Fsp3) is 0.364. The Labute approximate surface area is 164 Å². The Morgan fingerprint density at radius 3 is 1.28 bits per heavy atom. The zero-order chi connectivity index (χ0) is 18.8. The van der Waals surface area contributed by atoms with Gasteiger partial charge in [0.2, 0.25) is 0 Å². The Morgan fingerprint density at radius 1 is 0.680 bits per heavy atom. The zero-order valence-electron chi connectivity index (χ0n) is 17.1. The van der Waals surface area contributed by atoms with Gasteiger partial charge in [-0.3, -0.25) is 0 Å². The van der Waals surface area contributed by atoms with E-state index in [0.29, 0.717) is 0 Å². The van der Waals surface area contributed by atoms with Crippen molar-refractivity contribution < 1.29 is 0 Å². The van der Waals surface area contributed by atoms with Gasteiger partial charge in [0.15, 0.2) is 0 Å². The molecule has 0 N–H and O–H groups in total. The van der Waals surface area contributed by atoms with Crippen molar-refractivity contribution in [2.75, 3.05) is 0 Å². The average Bonchev–Trinajstić information content (AvgIpc) is 2.50. The van der Waals surface area contributed by atoms with Crippen LogP contribution in [0.5, 0.6) is 0 Å². The summed E-state index contributed by atoms with van der Waals surface area (Å²) in [7, 11) is -1.92. The number of benzene rings is 3. The first kappa shape index (κ1) is 20.7. The Kier molecular flexibility index (Phi) is 6.96. The molecule has 0 nitrogen and oxygen atoms in total. The van der Waals surface area contributed by atoms with E-state index in [0.717, 1.165) is 0 Å². The van der Waals surface area contributed by atoms with Gasteiger partial charge < -0.3 is 0 Å². The molecule has 0 fully saturated rings. The predicted molar refractivity (Wildman–Crippen MR) is 125 cm³/mol. The first-order valence-electron chi connectivity index (χ1n) is 9.15. The van der Waals surface area contributed by atoms with Gasteiger partial charge in [-0.2, -0.15) is 0 Å². The van der Waals surface area contributed by atoms with Gasteiger partial charge in [-0.25, -0.2) is 0 Å². The number of fused-ring (bicyclic) bond motifs is 2. The van der Waals surface area contributed by atoms with Crippen molar-refractivity contribution in [2.45, 2.75) is 47.6 Å². The van der Waals surface area contributed by atoms with E-state index in [9.17, 15) is 0 Å². The summed E-state index contributed by atoms with van der Waals surface area (Å²) in [6.45, 7) is 12.2. The van der Waals surface area contributed by atoms with Gasteiger partial charge >= 0.3 is 34.6 Å². The SMILES string of the molecule is C[Si](C)c1c2ccccc2c([Si](C)(C)C)c2ccccc12.[CH3][Sn]([CH3])[CH3]. The van der Waals surface area contributed by atoms with E-state index in [1.54, 1.807) is 10.4 Å². The van der Waals surface area contributed by atoms with Crippen molar-refractivity contribution in [3.05, 3.63) is 48.5 Å². The molecular weight excluding hydrogens is 439 g/mol. The van der Waals surface area contributed by atoms with Crippen molar-refractivity contribution in [2.24, 2.45) is 0 Å². The van der Waals surface area contributed by atoms with Gasteiger partial charge in [0, 0.05) is 0 Å². The molecule has 0 aliphatic heterocycles. The van der Waals surface area contributed by atoms with Gasteiger partial charge in [0.25, 0.3) is 0 Å². The zero-order valence-corrected chi connectivity index (χ0v) is 22.0. The van der Waals surface area contributed by atoms with Crippen LogP contribution in [0.2, 0.25) is 47.6 Å². The Morgan fingerprint density at radius 2 is 1.00 bits per heavy atom. The third kappa shape index (κ3) is 4.78. The standard InChI is InChI=1S/C19H23Si2.3CH3.Sn/c1-20(2)18-14-10-6-8-12-16(14)19(21(3,4)5)17-13-9-7-11-15(17)18;;;;/h6-13H,1-5H3;3*1H3;. The molecule has 3 aromatic rings. The van der Waals surface area contributed by atoms with Crippen molar-refractivity contribution in [1.82, 2.24) is 0 Å². The van der Waals surface area contributed by atoms with E-state index in [-0.39, 0.29) is 0 Å². The third-order valence-electron chi connectivity index (χ3n) is 4.18. The molecule has 0 saturated heterocycles. The third-order valence-corrected chi connectivity index (χ3v) is 7.76. The molecule has 0 bridgehead atoms. The molecule has 0 aliphatic rings. The Hall–Kier alpha value is -0.588. The van der Waals surface area contributed by atoms with Crippen LogP contribution in [-0.4, -0.2) is 36.6 Å². The van der Waals surface area contributed by atoms with Crippen LogP contribution >= 0.6 is 0 Å². The van der Waals surface area contributed by atoms with E-state index in [2.05, 4.69) is 96.1 Å². The Bertz CT molecular complexity index is 801. The fourth-order valence-corrected chi connectivity index (χ4v) is 7.04. The van der Waals surface area contributed by atoms with E-state index < -0.39 is 36.6 Å². The summed E-state index contributed by atoms with van der Waals surface area (Å²) in [6, 6.07) is 18.1. The van der Waals surface area contributed by atoms with Crippen LogP contribution in [0.25, 0.3) is 21.5 Å². The van der Waals surface area contributed by atoms with Crippen molar-refractivity contribution in [3.63, 3.8) is 0 Å². The normalized spacial score (nSPS) is 11.9. The summed E-state index contributed by atoms with van der Waals surface area (Å²) in [5.41, 5.74) is 0. The molecule has 0 amide bonds. The topological polar surface area (TPSA) is 0 Å². The fourth-order valence-electron chi connectivity index (χ4n) is 3.48. The molecule has 0 aliphatic carbocycles. The molecule has 3 rings (SSSR count). The maximum atomic E-state index is 2.46. The van der Waals surface area contributed by atoms with Crippen LogP contribution in [0.4, 0.5) is 0 Å². The van der Waals surface area contributed by atoms with E-state index in [4.69, 9.17) is 0 Å². The summed E-state index contributed by atoms with van der Waals surface area (Å²) < 4.78 is 0. The predicted octanol–water partition coefficient (Wildman–Crippen LogP) is 5.87. The van der Waals surface area contributed by atoms with Crippen LogP contribution < -0.4 is 10.4 Å². The van der Waals surface area contributed by atoms with E-state index in [1.807, 2.05) is 0 Å². The van der Waals surface area contributed by atoms with Gasteiger partial charge in [-0.1, -0.05) is 81.3 Å². The van der Waals surface area contributed by atoms with Gasteiger partial charge in [0.05, 0.1) is 16.9 Å². The summed E-state index contributed by atoms with van der Waals surface area (Å²) in [5.74, 6) is 0. The summed E-state index contributed by atoms with van der Waals surface area (Å²) in [6.07, 6.45) is 0. The van der Waals surface area contributed by atoms with Crippen LogP contribution in [0, 0.1) is 0 Å². The molecule has 0 saturated carbocycles. The molecule has 2 radical (unpaired) electrons. The molecule has 3 heteroatoms. The monoisotopic (exact) mass is 472 g/mol. The second-order valence-corrected chi connectivity index (χ2v) is 24.7. The van der Waals surface area contributed by atoms with Crippen LogP contribution in [0.1, 0.15) is 0 Å². The van der Waals surface area contributed by atoms with Crippen LogP contribution in [0.15, 0.2) is 48.5 Å². The van der Waals surface area contributed by atoms with Crippen molar-refractivity contribution in [3.8, 4) is 0 Å². The first-order valence-corrected chi connectivity index (χ1v) is 23.7. The van der Waals surface area contributed by atoms with Crippen LogP contribution in [-0.2, 0) is 0 Å². The number of hydrogen-bond donors (Lipinski definition) is 0. The number of rotatable bonds is 2. The molecule has 0 heterocycles. The molecule has 0 spiro atoms. The minimum atomic E-state index is -1.41. The maximum absolute atomic E-state index is 2.46.